The van der Waals surface area contributed by atoms with E-state index in [4.69, 9.17) is 4.74 Å². The molecule has 0 rings (SSSR count). The van der Waals surface area contributed by atoms with Gasteiger partial charge in [0.25, 0.3) is 0 Å². The summed E-state index contributed by atoms with van der Waals surface area (Å²) in [4.78, 5) is 0. The molecule has 0 aromatic heterocycles. The average Bonchev–Trinajstić information content (AvgIpc) is 1.63. The van der Waals surface area contributed by atoms with Gasteiger partial charge in [-0.05, 0) is 27.7 Å². The summed E-state index contributed by atoms with van der Waals surface area (Å²) in [6, 6.07) is 0. The smallest absolute Gasteiger partial charge is 0.0719 e. The number of ether oxygens (including phenoxy) is 1. The van der Waals surface area contributed by atoms with E-state index in [0.717, 1.165) is 4.43 Å². The van der Waals surface area contributed by atoms with Gasteiger partial charge in [0, 0.05) is 4.43 Å². The van der Waals surface area contributed by atoms with Gasteiger partial charge in [0.2, 0.25) is 0 Å². The van der Waals surface area contributed by atoms with E-state index in [1.165, 1.54) is 0 Å². The fourth-order valence-electron chi connectivity index (χ4n) is 0.670. The van der Waals surface area contributed by atoms with Crippen molar-refractivity contribution in [1.82, 2.24) is 0 Å². The minimum absolute atomic E-state index is 0.0503. The third kappa shape index (κ3) is 5.15. The van der Waals surface area contributed by atoms with E-state index in [0.29, 0.717) is 6.10 Å². The van der Waals surface area contributed by atoms with Crippen molar-refractivity contribution >= 4 is 22.6 Å². The Balaban J connectivity index is 3.58. The van der Waals surface area contributed by atoms with Crippen LogP contribution in [0.3, 0.4) is 0 Å². The van der Waals surface area contributed by atoms with Crippen molar-refractivity contribution in [1.29, 1.82) is 0 Å². The predicted octanol–water partition coefficient (Wildman–Crippen LogP) is 2.63. The van der Waals surface area contributed by atoms with E-state index in [2.05, 4.69) is 50.3 Å². The first-order chi connectivity index (χ1) is 3.98. The standard InChI is InChI=1S/C7H15IO/c1-6(2)9-7(3,4)5-8/h6H,5H2,1-4H3. The van der Waals surface area contributed by atoms with E-state index in [1.807, 2.05) is 0 Å². The Kier molecular flexibility index (Phi) is 4.05. The Morgan fingerprint density at radius 3 is 2.00 bits per heavy atom. The van der Waals surface area contributed by atoms with Crippen LogP contribution in [0.4, 0.5) is 0 Å². The van der Waals surface area contributed by atoms with Gasteiger partial charge in [-0.3, -0.25) is 0 Å². The molecule has 0 spiro atoms. The van der Waals surface area contributed by atoms with Crippen molar-refractivity contribution in [2.45, 2.75) is 39.4 Å². The summed E-state index contributed by atoms with van der Waals surface area (Å²) >= 11 is 2.34. The monoisotopic (exact) mass is 242 g/mol. The number of alkyl halides is 1. The molecule has 2 heteroatoms. The van der Waals surface area contributed by atoms with Crippen LogP contribution in [-0.4, -0.2) is 16.1 Å². The summed E-state index contributed by atoms with van der Waals surface area (Å²) in [5.41, 5.74) is 0.0503. The number of halogens is 1. The molecule has 0 amide bonds. The van der Waals surface area contributed by atoms with Crippen LogP contribution >= 0.6 is 22.6 Å². The van der Waals surface area contributed by atoms with Gasteiger partial charge in [-0.15, -0.1) is 0 Å². The molecule has 0 N–H and O–H groups in total. The van der Waals surface area contributed by atoms with Crippen LogP contribution in [0.1, 0.15) is 27.7 Å². The molecule has 0 fully saturated rings. The highest BCUT2D eigenvalue weighted by molar-refractivity contribution is 14.1. The highest BCUT2D eigenvalue weighted by Gasteiger charge is 2.17. The van der Waals surface area contributed by atoms with Gasteiger partial charge >= 0.3 is 0 Å². The lowest BCUT2D eigenvalue weighted by atomic mass is 10.2. The summed E-state index contributed by atoms with van der Waals surface area (Å²) in [5, 5.41) is 0. The van der Waals surface area contributed by atoms with Crippen LogP contribution in [0.25, 0.3) is 0 Å². The predicted molar refractivity (Wildman–Crippen MR) is 49.2 cm³/mol. The SMILES string of the molecule is CC(C)OC(C)(C)CI. The highest BCUT2D eigenvalue weighted by atomic mass is 127. The molecule has 0 radical (unpaired) electrons. The maximum absolute atomic E-state index is 5.58. The van der Waals surface area contributed by atoms with E-state index in [9.17, 15) is 0 Å². The first-order valence-corrected chi connectivity index (χ1v) is 4.74. The average molecular weight is 242 g/mol. The first-order valence-electron chi connectivity index (χ1n) is 3.22. The zero-order chi connectivity index (χ0) is 7.49. The van der Waals surface area contributed by atoms with E-state index in [1.54, 1.807) is 0 Å². The van der Waals surface area contributed by atoms with E-state index < -0.39 is 0 Å². The van der Waals surface area contributed by atoms with Crippen LogP contribution in [0, 0.1) is 0 Å². The topological polar surface area (TPSA) is 9.23 Å². The minimum Gasteiger partial charge on any atom is -0.372 e. The first kappa shape index (κ1) is 9.69. The molecule has 0 saturated carbocycles. The quantitative estimate of drug-likeness (QED) is 0.546. The van der Waals surface area contributed by atoms with Crippen molar-refractivity contribution in [2.24, 2.45) is 0 Å². The molecule has 1 nitrogen and oxygen atoms in total. The summed E-state index contributed by atoms with van der Waals surface area (Å²) in [7, 11) is 0. The molecule has 0 unspecified atom stereocenters. The van der Waals surface area contributed by atoms with E-state index in [-0.39, 0.29) is 5.60 Å². The van der Waals surface area contributed by atoms with Gasteiger partial charge < -0.3 is 4.74 Å². The second kappa shape index (κ2) is 3.76. The number of hydrogen-bond donors (Lipinski definition) is 0. The maximum Gasteiger partial charge on any atom is 0.0719 e. The third-order valence-electron chi connectivity index (χ3n) is 0.877. The van der Waals surface area contributed by atoms with E-state index >= 15 is 0 Å². The molecular weight excluding hydrogens is 227 g/mol. The molecular formula is C7H15IO. The highest BCUT2D eigenvalue weighted by Crippen LogP contribution is 2.14. The van der Waals surface area contributed by atoms with Gasteiger partial charge in [-0.2, -0.15) is 0 Å². The van der Waals surface area contributed by atoms with Crippen molar-refractivity contribution in [2.75, 3.05) is 4.43 Å². The van der Waals surface area contributed by atoms with Gasteiger partial charge in [0.05, 0.1) is 11.7 Å². The second-order valence-electron chi connectivity index (χ2n) is 3.06. The fourth-order valence-corrected chi connectivity index (χ4v) is 0.849. The molecule has 0 aliphatic rings. The molecule has 0 saturated heterocycles. The Morgan fingerprint density at radius 2 is 1.89 bits per heavy atom. The van der Waals surface area contributed by atoms with Gasteiger partial charge in [-0.25, -0.2) is 0 Å². The van der Waals surface area contributed by atoms with Crippen molar-refractivity contribution in [3.05, 3.63) is 0 Å². The van der Waals surface area contributed by atoms with Crippen LogP contribution in [0.5, 0.6) is 0 Å². The van der Waals surface area contributed by atoms with Gasteiger partial charge in [0.15, 0.2) is 0 Å². The fraction of sp³-hybridized carbons (Fsp3) is 1.00. The zero-order valence-electron chi connectivity index (χ0n) is 6.57. The molecule has 0 bridgehead atoms. The van der Waals surface area contributed by atoms with Crippen LogP contribution in [0.2, 0.25) is 0 Å². The van der Waals surface area contributed by atoms with Gasteiger partial charge in [-0.1, -0.05) is 22.6 Å². The summed E-state index contributed by atoms with van der Waals surface area (Å²) in [6.45, 7) is 8.35. The zero-order valence-corrected chi connectivity index (χ0v) is 8.73. The largest absolute Gasteiger partial charge is 0.372 e. The van der Waals surface area contributed by atoms with Crippen molar-refractivity contribution < 1.29 is 4.74 Å². The van der Waals surface area contributed by atoms with Crippen molar-refractivity contribution in [3.8, 4) is 0 Å². The van der Waals surface area contributed by atoms with Crippen LogP contribution in [-0.2, 0) is 4.74 Å². The molecule has 0 aliphatic heterocycles. The third-order valence-corrected chi connectivity index (χ3v) is 2.71. The van der Waals surface area contributed by atoms with Gasteiger partial charge in [0.1, 0.15) is 0 Å². The van der Waals surface area contributed by atoms with Crippen LogP contribution in [0.15, 0.2) is 0 Å². The molecule has 0 heterocycles. The number of rotatable bonds is 3. The molecule has 0 aromatic carbocycles. The molecule has 56 valence electrons. The molecule has 9 heavy (non-hydrogen) atoms. The van der Waals surface area contributed by atoms with Crippen LogP contribution < -0.4 is 0 Å². The lowest BCUT2D eigenvalue weighted by Crippen LogP contribution is -2.29. The normalized spacial score (nSPS) is 12.7. The Hall–Kier alpha value is 0.690. The minimum atomic E-state index is 0.0503. The summed E-state index contributed by atoms with van der Waals surface area (Å²) in [5.74, 6) is 0. The van der Waals surface area contributed by atoms with Crippen molar-refractivity contribution in [3.63, 3.8) is 0 Å². The summed E-state index contributed by atoms with van der Waals surface area (Å²) < 4.78 is 6.62. The molecule has 0 aliphatic carbocycles. The lowest BCUT2D eigenvalue weighted by molar-refractivity contribution is -0.0372. The lowest BCUT2D eigenvalue weighted by Gasteiger charge is -2.25. The second-order valence-corrected chi connectivity index (χ2v) is 3.82. The Morgan fingerprint density at radius 1 is 1.44 bits per heavy atom. The maximum atomic E-state index is 5.58. The molecule has 0 atom stereocenters. The Labute approximate surface area is 71.3 Å². The molecule has 0 aromatic rings. The number of hydrogen-bond acceptors (Lipinski definition) is 1. The summed E-state index contributed by atoms with van der Waals surface area (Å²) in [6.07, 6.45) is 0.342. The Bertz CT molecular complexity index is 79.0.